The normalized spacial score (nSPS) is 24.0. The van der Waals surface area contributed by atoms with E-state index >= 15 is 0 Å². The predicted octanol–water partition coefficient (Wildman–Crippen LogP) is -0.150. The molecule has 1 aliphatic carbocycles. The lowest BCUT2D eigenvalue weighted by Crippen LogP contribution is -2.47. The van der Waals surface area contributed by atoms with Gasteiger partial charge in [-0.05, 0) is 39.9 Å². The SMILES string of the molecule is CN(C)CCCC(O)C(=O)C1CC(n2cnc3c(N)ncnc32)C1CO. The molecule has 0 radical (unpaired) electrons. The van der Waals surface area contributed by atoms with Crippen molar-refractivity contribution in [3.63, 3.8) is 0 Å². The number of aliphatic hydroxyl groups is 2. The number of rotatable bonds is 8. The van der Waals surface area contributed by atoms with Crippen LogP contribution in [0.4, 0.5) is 5.82 Å². The Labute approximate surface area is 151 Å². The second-order valence-corrected chi connectivity index (χ2v) is 7.20. The monoisotopic (exact) mass is 362 g/mol. The third-order valence-electron chi connectivity index (χ3n) is 5.24. The molecule has 2 aromatic heterocycles. The molecule has 0 bridgehead atoms. The van der Waals surface area contributed by atoms with Crippen LogP contribution in [0, 0.1) is 11.8 Å². The number of nitrogen functional groups attached to an aromatic ring is 1. The van der Waals surface area contributed by atoms with Crippen molar-refractivity contribution >= 4 is 22.8 Å². The molecule has 0 spiro atoms. The molecule has 4 unspecified atom stereocenters. The van der Waals surface area contributed by atoms with Crippen molar-refractivity contribution in [3.8, 4) is 0 Å². The van der Waals surface area contributed by atoms with E-state index in [1.165, 1.54) is 6.33 Å². The van der Waals surface area contributed by atoms with Crippen LogP contribution in [0.5, 0.6) is 0 Å². The first kappa shape index (κ1) is 18.7. The summed E-state index contributed by atoms with van der Waals surface area (Å²) in [5, 5.41) is 20.0. The molecule has 142 valence electrons. The largest absolute Gasteiger partial charge is 0.396 e. The minimum atomic E-state index is -0.979. The Morgan fingerprint density at radius 3 is 2.88 bits per heavy atom. The van der Waals surface area contributed by atoms with Gasteiger partial charge in [0.2, 0.25) is 0 Å². The second-order valence-electron chi connectivity index (χ2n) is 7.20. The summed E-state index contributed by atoms with van der Waals surface area (Å²) < 4.78 is 1.84. The summed E-state index contributed by atoms with van der Waals surface area (Å²) in [7, 11) is 3.91. The first-order valence-electron chi connectivity index (χ1n) is 8.84. The fraction of sp³-hybridized carbons (Fsp3) is 0.647. The number of hydrogen-bond donors (Lipinski definition) is 3. The van der Waals surface area contributed by atoms with Crippen molar-refractivity contribution in [2.45, 2.75) is 31.4 Å². The van der Waals surface area contributed by atoms with Crippen molar-refractivity contribution in [2.75, 3.05) is 33.0 Å². The minimum Gasteiger partial charge on any atom is -0.396 e. The smallest absolute Gasteiger partial charge is 0.165 e. The Morgan fingerprint density at radius 1 is 1.42 bits per heavy atom. The van der Waals surface area contributed by atoms with E-state index < -0.39 is 6.10 Å². The number of fused-ring (bicyclic) bond motifs is 1. The fourth-order valence-corrected chi connectivity index (χ4v) is 3.68. The van der Waals surface area contributed by atoms with E-state index in [1.807, 2.05) is 23.6 Å². The van der Waals surface area contributed by atoms with Gasteiger partial charge < -0.3 is 25.4 Å². The summed E-state index contributed by atoms with van der Waals surface area (Å²) in [4.78, 5) is 27.0. The van der Waals surface area contributed by atoms with Crippen LogP contribution >= 0.6 is 0 Å². The van der Waals surface area contributed by atoms with Crippen molar-refractivity contribution in [1.82, 2.24) is 24.4 Å². The number of aromatic nitrogens is 4. The zero-order chi connectivity index (χ0) is 18.8. The van der Waals surface area contributed by atoms with Gasteiger partial charge >= 0.3 is 0 Å². The van der Waals surface area contributed by atoms with Crippen LogP contribution in [0.3, 0.4) is 0 Å². The van der Waals surface area contributed by atoms with Crippen LogP contribution in [0.2, 0.25) is 0 Å². The van der Waals surface area contributed by atoms with Gasteiger partial charge in [0.05, 0.1) is 6.33 Å². The molecule has 1 fully saturated rings. The quantitative estimate of drug-likeness (QED) is 0.591. The molecular weight excluding hydrogens is 336 g/mol. The number of hydrogen-bond acceptors (Lipinski definition) is 8. The van der Waals surface area contributed by atoms with Crippen LogP contribution in [0.15, 0.2) is 12.7 Å². The number of nitrogens with zero attached hydrogens (tertiary/aromatic N) is 5. The number of carbonyl (C=O) groups excluding carboxylic acids is 1. The predicted molar refractivity (Wildman–Crippen MR) is 96.3 cm³/mol. The van der Waals surface area contributed by atoms with Crippen LogP contribution in [-0.4, -0.2) is 73.8 Å². The number of carbonyl (C=O) groups is 1. The van der Waals surface area contributed by atoms with E-state index in [-0.39, 0.29) is 30.3 Å². The van der Waals surface area contributed by atoms with E-state index in [1.54, 1.807) is 6.33 Å². The summed E-state index contributed by atoms with van der Waals surface area (Å²) in [5.41, 5.74) is 6.92. The maximum atomic E-state index is 12.6. The van der Waals surface area contributed by atoms with Crippen molar-refractivity contribution in [2.24, 2.45) is 11.8 Å². The molecule has 4 N–H and O–H groups in total. The van der Waals surface area contributed by atoms with E-state index in [9.17, 15) is 15.0 Å². The second kappa shape index (κ2) is 7.65. The highest BCUT2D eigenvalue weighted by Crippen LogP contribution is 2.46. The molecule has 1 aliphatic rings. The van der Waals surface area contributed by atoms with Crippen LogP contribution < -0.4 is 5.73 Å². The molecule has 0 aliphatic heterocycles. The summed E-state index contributed by atoms with van der Waals surface area (Å²) in [5.74, 6) is -0.495. The average molecular weight is 362 g/mol. The maximum Gasteiger partial charge on any atom is 0.165 e. The third-order valence-corrected chi connectivity index (χ3v) is 5.24. The number of anilines is 1. The molecule has 3 rings (SSSR count). The topological polar surface area (TPSA) is 130 Å². The molecule has 0 amide bonds. The Balaban J connectivity index is 1.68. The standard InChI is InChI=1S/C17H26N6O3/c1-22(2)5-3-4-13(25)15(26)10-6-12(11(10)7-24)23-9-21-14-16(18)19-8-20-17(14)23/h8-13,24-25H,3-7H2,1-2H3,(H2,18,19,20). The molecule has 26 heavy (non-hydrogen) atoms. The van der Waals surface area contributed by atoms with Crippen molar-refractivity contribution in [1.29, 1.82) is 0 Å². The van der Waals surface area contributed by atoms with E-state index in [2.05, 4.69) is 15.0 Å². The first-order valence-corrected chi connectivity index (χ1v) is 8.84. The molecule has 1 saturated carbocycles. The Morgan fingerprint density at radius 2 is 2.19 bits per heavy atom. The molecule has 9 nitrogen and oxygen atoms in total. The van der Waals surface area contributed by atoms with Gasteiger partial charge in [0.15, 0.2) is 17.2 Å². The Hall–Kier alpha value is -2.10. The molecule has 9 heteroatoms. The van der Waals surface area contributed by atoms with Crippen molar-refractivity contribution in [3.05, 3.63) is 12.7 Å². The lowest BCUT2D eigenvalue weighted by molar-refractivity contribution is -0.141. The van der Waals surface area contributed by atoms with Gasteiger partial charge in [0.1, 0.15) is 17.9 Å². The summed E-state index contributed by atoms with van der Waals surface area (Å²) in [6.45, 7) is 0.689. The average Bonchev–Trinajstić information content (AvgIpc) is 2.99. The number of Topliss-reactive ketones (excluding diaryl/α,β-unsaturated/α-hetero) is 1. The maximum absolute atomic E-state index is 12.6. The van der Waals surface area contributed by atoms with Gasteiger partial charge in [0.25, 0.3) is 0 Å². The molecular formula is C17H26N6O3. The first-order chi connectivity index (χ1) is 12.4. The van der Waals surface area contributed by atoms with Gasteiger partial charge in [-0.3, -0.25) is 4.79 Å². The molecule has 0 aromatic carbocycles. The summed E-state index contributed by atoms with van der Waals surface area (Å²) in [6.07, 6.45) is 3.75. The highest BCUT2D eigenvalue weighted by molar-refractivity contribution is 5.86. The molecule has 0 saturated heterocycles. The number of nitrogens with two attached hydrogens (primary N) is 1. The Kier molecular flexibility index (Phi) is 5.49. The molecule has 2 heterocycles. The van der Waals surface area contributed by atoms with Crippen LogP contribution in [0.25, 0.3) is 11.2 Å². The van der Waals surface area contributed by atoms with E-state index in [4.69, 9.17) is 5.73 Å². The van der Waals surface area contributed by atoms with Crippen LogP contribution in [-0.2, 0) is 4.79 Å². The minimum absolute atomic E-state index is 0.0952. The van der Waals surface area contributed by atoms with Crippen molar-refractivity contribution < 1.29 is 15.0 Å². The van der Waals surface area contributed by atoms with Gasteiger partial charge in [-0.1, -0.05) is 0 Å². The zero-order valence-electron chi connectivity index (χ0n) is 15.1. The number of imidazole rings is 1. The third kappa shape index (κ3) is 3.42. The molecule has 2 aromatic rings. The summed E-state index contributed by atoms with van der Waals surface area (Å²) in [6, 6.07) is -0.0952. The van der Waals surface area contributed by atoms with E-state index in [0.29, 0.717) is 29.8 Å². The summed E-state index contributed by atoms with van der Waals surface area (Å²) >= 11 is 0. The lowest BCUT2D eigenvalue weighted by atomic mass is 9.66. The van der Waals surface area contributed by atoms with Crippen LogP contribution in [0.1, 0.15) is 25.3 Å². The van der Waals surface area contributed by atoms with Gasteiger partial charge in [-0.15, -0.1) is 0 Å². The van der Waals surface area contributed by atoms with E-state index in [0.717, 1.165) is 13.0 Å². The van der Waals surface area contributed by atoms with Gasteiger partial charge in [-0.25, -0.2) is 15.0 Å². The highest BCUT2D eigenvalue weighted by Gasteiger charge is 2.47. The number of ketones is 1. The fourth-order valence-electron chi connectivity index (χ4n) is 3.68. The number of aliphatic hydroxyl groups excluding tert-OH is 2. The Bertz CT molecular complexity index is 777. The lowest BCUT2D eigenvalue weighted by Gasteiger charge is -2.44. The molecule has 4 atom stereocenters. The zero-order valence-corrected chi connectivity index (χ0v) is 15.1. The van der Waals surface area contributed by atoms with Gasteiger partial charge in [0, 0.05) is 24.5 Å². The van der Waals surface area contributed by atoms with Gasteiger partial charge in [-0.2, -0.15) is 0 Å². The highest BCUT2D eigenvalue weighted by atomic mass is 16.3.